The van der Waals surface area contributed by atoms with Crippen LogP contribution in [0.1, 0.15) is 37.7 Å². The number of fused-ring (bicyclic) bond motifs is 1. The van der Waals surface area contributed by atoms with Crippen molar-refractivity contribution < 1.29 is 14.3 Å². The van der Waals surface area contributed by atoms with Crippen LogP contribution in [0.15, 0.2) is 24.5 Å². The largest absolute Gasteiger partial charge is 0.385 e. The maximum atomic E-state index is 12.6. The lowest BCUT2D eigenvalue weighted by molar-refractivity contribution is -0.144. The van der Waals surface area contributed by atoms with Crippen LogP contribution >= 0.6 is 0 Å². The number of aryl methyl sites for hydroxylation is 1. The number of hydrogen-bond donors (Lipinski definition) is 0. The average Bonchev–Trinajstić information content (AvgIpc) is 2.68. The molecule has 1 aromatic rings. The second-order valence-electron chi connectivity index (χ2n) is 7.28. The van der Waals surface area contributed by atoms with Crippen molar-refractivity contribution in [3.8, 4) is 0 Å². The van der Waals surface area contributed by atoms with Crippen LogP contribution in [0.5, 0.6) is 0 Å². The van der Waals surface area contributed by atoms with Crippen molar-refractivity contribution >= 4 is 11.8 Å². The van der Waals surface area contributed by atoms with Crippen LogP contribution in [0.2, 0.25) is 0 Å². The summed E-state index contributed by atoms with van der Waals surface area (Å²) in [5.74, 6) is 0.900. The van der Waals surface area contributed by atoms with Gasteiger partial charge in [-0.2, -0.15) is 0 Å². The number of likely N-dealkylation sites (tertiary alicyclic amines) is 2. The Kier molecular flexibility index (Phi) is 6.61. The molecule has 142 valence electrons. The van der Waals surface area contributed by atoms with Crippen LogP contribution in [0, 0.1) is 5.92 Å². The van der Waals surface area contributed by atoms with Crippen LogP contribution in [-0.2, 0) is 20.7 Å². The van der Waals surface area contributed by atoms with Gasteiger partial charge >= 0.3 is 0 Å². The molecule has 3 rings (SSSR count). The van der Waals surface area contributed by atoms with Crippen molar-refractivity contribution in [2.24, 2.45) is 5.92 Å². The van der Waals surface area contributed by atoms with Gasteiger partial charge < -0.3 is 14.5 Å². The first-order valence-electron chi connectivity index (χ1n) is 9.64. The Balaban J connectivity index is 1.52. The first-order chi connectivity index (χ1) is 12.7. The third-order valence-corrected chi connectivity index (χ3v) is 5.62. The van der Waals surface area contributed by atoms with Gasteiger partial charge in [0.05, 0.1) is 0 Å². The summed E-state index contributed by atoms with van der Waals surface area (Å²) in [7, 11) is 1.69. The molecule has 2 aliphatic heterocycles. The van der Waals surface area contributed by atoms with Gasteiger partial charge in [0.1, 0.15) is 0 Å². The molecule has 0 saturated carbocycles. The molecule has 2 fully saturated rings. The van der Waals surface area contributed by atoms with Crippen molar-refractivity contribution in [1.29, 1.82) is 0 Å². The molecule has 2 amide bonds. The number of carbonyl (C=O) groups excluding carboxylic acids is 2. The number of pyridine rings is 1. The highest BCUT2D eigenvalue weighted by Crippen LogP contribution is 2.31. The maximum Gasteiger partial charge on any atom is 0.222 e. The molecule has 0 N–H and O–H groups in total. The van der Waals surface area contributed by atoms with Crippen LogP contribution in [0.25, 0.3) is 0 Å². The molecular formula is C20H29N3O3. The molecule has 0 bridgehead atoms. The fraction of sp³-hybridized carbons (Fsp3) is 0.650. The number of rotatable bonds is 7. The summed E-state index contributed by atoms with van der Waals surface area (Å²) >= 11 is 0. The number of methoxy groups -OCH3 is 1. The van der Waals surface area contributed by atoms with Crippen LogP contribution < -0.4 is 0 Å². The number of carbonyl (C=O) groups is 2. The highest BCUT2D eigenvalue weighted by Gasteiger charge is 2.39. The van der Waals surface area contributed by atoms with Gasteiger partial charge in [0.2, 0.25) is 11.8 Å². The Morgan fingerprint density at radius 1 is 1.31 bits per heavy atom. The molecule has 0 aromatic carbocycles. The Labute approximate surface area is 155 Å². The monoisotopic (exact) mass is 359 g/mol. The SMILES string of the molecule is COCCCN1C(=O)CC[C@H]2CN(C(=O)CCc3ccncc3)CC[C@H]21. The van der Waals surface area contributed by atoms with Crippen LogP contribution in [0.3, 0.4) is 0 Å². The summed E-state index contributed by atoms with van der Waals surface area (Å²) in [5.41, 5.74) is 1.15. The Bertz CT molecular complexity index is 608. The number of aromatic nitrogens is 1. The minimum absolute atomic E-state index is 0.225. The van der Waals surface area contributed by atoms with E-state index in [1.807, 2.05) is 21.9 Å². The van der Waals surface area contributed by atoms with Gasteiger partial charge in [-0.3, -0.25) is 14.6 Å². The molecule has 6 nitrogen and oxygen atoms in total. The van der Waals surface area contributed by atoms with Gasteiger partial charge in [0, 0.05) is 64.6 Å². The van der Waals surface area contributed by atoms with E-state index in [-0.39, 0.29) is 17.9 Å². The number of nitrogens with zero attached hydrogens (tertiary/aromatic N) is 3. The summed E-state index contributed by atoms with van der Waals surface area (Å²) in [4.78, 5) is 33.0. The van der Waals surface area contributed by atoms with Gasteiger partial charge in [0.25, 0.3) is 0 Å². The highest BCUT2D eigenvalue weighted by molar-refractivity contribution is 5.78. The van der Waals surface area contributed by atoms with E-state index in [1.54, 1.807) is 19.5 Å². The molecule has 3 heterocycles. The van der Waals surface area contributed by atoms with E-state index in [2.05, 4.69) is 4.98 Å². The van der Waals surface area contributed by atoms with Crippen LogP contribution in [-0.4, -0.2) is 66.0 Å². The van der Waals surface area contributed by atoms with E-state index in [9.17, 15) is 9.59 Å². The average molecular weight is 359 g/mol. The second kappa shape index (κ2) is 9.12. The quantitative estimate of drug-likeness (QED) is 0.698. The molecule has 6 heteroatoms. The Hall–Kier alpha value is -1.95. The molecule has 2 atom stereocenters. The van der Waals surface area contributed by atoms with E-state index in [0.717, 1.165) is 50.9 Å². The zero-order valence-electron chi connectivity index (χ0n) is 15.6. The van der Waals surface area contributed by atoms with E-state index in [1.165, 1.54) is 0 Å². The standard InChI is InChI=1S/C20H29N3O3/c1-26-14-2-12-23-18-9-13-22(15-17(18)4-6-20(23)25)19(24)5-3-16-7-10-21-11-8-16/h7-8,10-11,17-18H,2-6,9,12-15H2,1H3/t17-,18+/m0/s1. The van der Waals surface area contributed by atoms with E-state index < -0.39 is 0 Å². The third kappa shape index (κ3) is 4.61. The topological polar surface area (TPSA) is 62.7 Å². The minimum Gasteiger partial charge on any atom is -0.385 e. The summed E-state index contributed by atoms with van der Waals surface area (Å²) in [6, 6.07) is 4.21. The first kappa shape index (κ1) is 18.8. The maximum absolute atomic E-state index is 12.6. The third-order valence-electron chi connectivity index (χ3n) is 5.62. The Morgan fingerprint density at radius 2 is 2.12 bits per heavy atom. The lowest BCUT2D eigenvalue weighted by atomic mass is 9.83. The number of hydrogen-bond acceptors (Lipinski definition) is 4. The molecule has 0 aliphatic carbocycles. The number of piperidine rings is 2. The van der Waals surface area contributed by atoms with Crippen molar-refractivity contribution in [1.82, 2.24) is 14.8 Å². The highest BCUT2D eigenvalue weighted by atomic mass is 16.5. The molecule has 26 heavy (non-hydrogen) atoms. The van der Waals surface area contributed by atoms with Gasteiger partial charge in [-0.25, -0.2) is 0 Å². The number of ether oxygens (including phenoxy) is 1. The van der Waals surface area contributed by atoms with Crippen molar-refractivity contribution in [2.45, 2.75) is 44.6 Å². The van der Waals surface area contributed by atoms with Gasteiger partial charge in [-0.1, -0.05) is 0 Å². The van der Waals surface area contributed by atoms with E-state index in [0.29, 0.717) is 25.4 Å². The van der Waals surface area contributed by atoms with Gasteiger partial charge in [0.15, 0.2) is 0 Å². The fourth-order valence-corrected chi connectivity index (χ4v) is 4.21. The van der Waals surface area contributed by atoms with Gasteiger partial charge in [-0.15, -0.1) is 0 Å². The Morgan fingerprint density at radius 3 is 2.88 bits per heavy atom. The fourth-order valence-electron chi connectivity index (χ4n) is 4.21. The zero-order valence-corrected chi connectivity index (χ0v) is 15.6. The second-order valence-corrected chi connectivity index (χ2v) is 7.28. The van der Waals surface area contributed by atoms with E-state index in [4.69, 9.17) is 4.74 Å². The summed E-state index contributed by atoms with van der Waals surface area (Å²) in [6.07, 6.45) is 8.10. The molecule has 1 aromatic heterocycles. The normalized spacial score (nSPS) is 23.0. The molecule has 0 unspecified atom stereocenters. The summed E-state index contributed by atoms with van der Waals surface area (Å²) in [6.45, 7) is 2.99. The minimum atomic E-state index is 0.225. The number of amides is 2. The summed E-state index contributed by atoms with van der Waals surface area (Å²) in [5, 5.41) is 0. The van der Waals surface area contributed by atoms with Crippen LogP contribution in [0.4, 0.5) is 0 Å². The van der Waals surface area contributed by atoms with Crippen molar-refractivity contribution in [3.05, 3.63) is 30.1 Å². The van der Waals surface area contributed by atoms with Crippen molar-refractivity contribution in [3.63, 3.8) is 0 Å². The van der Waals surface area contributed by atoms with Crippen molar-refractivity contribution in [2.75, 3.05) is 33.4 Å². The molecule has 2 saturated heterocycles. The zero-order chi connectivity index (χ0) is 18.4. The predicted octanol–water partition coefficient (Wildman–Crippen LogP) is 1.89. The first-order valence-corrected chi connectivity index (χ1v) is 9.64. The molecule has 2 aliphatic rings. The molecular weight excluding hydrogens is 330 g/mol. The lowest BCUT2D eigenvalue weighted by Gasteiger charge is -2.47. The lowest BCUT2D eigenvalue weighted by Crippen LogP contribution is -2.57. The summed E-state index contributed by atoms with van der Waals surface area (Å²) < 4.78 is 5.12. The van der Waals surface area contributed by atoms with Gasteiger partial charge in [-0.05, 0) is 49.3 Å². The smallest absolute Gasteiger partial charge is 0.222 e. The predicted molar refractivity (Wildman–Crippen MR) is 98.5 cm³/mol. The molecule has 0 radical (unpaired) electrons. The van der Waals surface area contributed by atoms with E-state index >= 15 is 0 Å². The molecule has 0 spiro atoms.